The summed E-state index contributed by atoms with van der Waals surface area (Å²) in [4.78, 5) is 22.6. The highest BCUT2D eigenvalue weighted by Gasteiger charge is 2.23. The van der Waals surface area contributed by atoms with Crippen molar-refractivity contribution in [1.82, 2.24) is 0 Å². The van der Waals surface area contributed by atoms with Gasteiger partial charge in [-0.1, -0.05) is 23.8 Å². The molecule has 9 heteroatoms. The topological polar surface area (TPSA) is 116 Å². The van der Waals surface area contributed by atoms with Gasteiger partial charge in [-0.25, -0.2) is 0 Å². The molecule has 32 heavy (non-hydrogen) atoms. The molecule has 166 valence electrons. The number of nitrogens with one attached hydrogen (secondary N) is 1. The van der Waals surface area contributed by atoms with E-state index in [1.54, 1.807) is 0 Å². The number of carbonyl (C=O) groups excluding carboxylic acids is 1. The molecule has 0 atom stereocenters. The number of amides is 1. The summed E-state index contributed by atoms with van der Waals surface area (Å²) < 4.78 is 30.4. The summed E-state index contributed by atoms with van der Waals surface area (Å²) in [5.74, 6) is -0.362. The molecule has 0 heterocycles. The van der Waals surface area contributed by atoms with Crippen molar-refractivity contribution in [3.63, 3.8) is 0 Å². The maximum Gasteiger partial charge on any atom is 0.339 e. The number of hydrogen-bond donors (Lipinski definition) is 1. The van der Waals surface area contributed by atoms with Gasteiger partial charge in [0, 0.05) is 23.4 Å². The highest BCUT2D eigenvalue weighted by atomic mass is 32.2. The number of carbonyl (C=O) groups is 1. The Bertz CT molecular complexity index is 1290. The van der Waals surface area contributed by atoms with Crippen LogP contribution in [-0.4, -0.2) is 19.2 Å². The number of anilines is 1. The van der Waals surface area contributed by atoms with Gasteiger partial charge in [-0.15, -0.1) is 0 Å². The second-order valence-electron chi connectivity index (χ2n) is 7.50. The third-order valence-corrected chi connectivity index (χ3v) is 6.28. The fourth-order valence-corrected chi connectivity index (χ4v) is 4.55. The molecule has 0 aliphatic carbocycles. The van der Waals surface area contributed by atoms with Crippen molar-refractivity contribution in [3.05, 3.63) is 92.5 Å². The first-order chi connectivity index (χ1) is 15.0. The summed E-state index contributed by atoms with van der Waals surface area (Å²) in [7, 11) is -4.30. The van der Waals surface area contributed by atoms with E-state index >= 15 is 0 Å². The molecule has 0 unspecified atom stereocenters. The van der Waals surface area contributed by atoms with Crippen molar-refractivity contribution >= 4 is 27.4 Å². The lowest BCUT2D eigenvalue weighted by Crippen LogP contribution is -2.14. The monoisotopic (exact) mass is 454 g/mol. The first kappa shape index (κ1) is 23.0. The molecular weight excluding hydrogens is 432 g/mol. The van der Waals surface area contributed by atoms with Gasteiger partial charge in [-0.05, 0) is 68.7 Å². The van der Waals surface area contributed by atoms with E-state index in [2.05, 4.69) is 5.32 Å². The van der Waals surface area contributed by atoms with Gasteiger partial charge in [0.15, 0.2) is 0 Å². The van der Waals surface area contributed by atoms with Crippen LogP contribution in [0.3, 0.4) is 0 Å². The minimum Gasteiger partial charge on any atom is -0.379 e. The highest BCUT2D eigenvalue weighted by Crippen LogP contribution is 2.26. The fraction of sp³-hybridized carbons (Fsp3) is 0.174. The fourth-order valence-electron chi connectivity index (χ4n) is 3.37. The third kappa shape index (κ3) is 4.94. The van der Waals surface area contributed by atoms with Crippen molar-refractivity contribution in [2.45, 2.75) is 32.6 Å². The van der Waals surface area contributed by atoms with E-state index in [4.69, 9.17) is 4.18 Å². The Labute approximate surface area is 186 Å². The molecule has 0 saturated carbocycles. The zero-order valence-electron chi connectivity index (χ0n) is 18.0. The number of nitrogens with zero attached hydrogens (tertiary/aromatic N) is 1. The molecule has 0 aliphatic heterocycles. The molecule has 0 aromatic heterocycles. The molecule has 0 spiro atoms. The highest BCUT2D eigenvalue weighted by molar-refractivity contribution is 7.87. The van der Waals surface area contributed by atoms with Crippen molar-refractivity contribution in [2.75, 3.05) is 5.32 Å². The molecule has 8 nitrogen and oxygen atoms in total. The van der Waals surface area contributed by atoms with E-state index in [1.807, 2.05) is 32.9 Å². The van der Waals surface area contributed by atoms with E-state index in [-0.39, 0.29) is 22.2 Å². The maximum atomic E-state index is 12.6. The number of rotatable bonds is 6. The summed E-state index contributed by atoms with van der Waals surface area (Å²) in [6.45, 7) is 7.32. The van der Waals surface area contributed by atoms with E-state index < -0.39 is 15.0 Å². The normalized spacial score (nSPS) is 11.1. The van der Waals surface area contributed by atoms with Gasteiger partial charge in [0.2, 0.25) is 0 Å². The smallest absolute Gasteiger partial charge is 0.339 e. The molecule has 3 aromatic carbocycles. The number of hydrogen-bond acceptors (Lipinski definition) is 6. The van der Waals surface area contributed by atoms with E-state index in [1.165, 1.54) is 43.3 Å². The molecule has 1 amide bonds. The molecule has 0 saturated heterocycles. The molecule has 1 N–H and O–H groups in total. The number of nitro benzene ring substituents is 1. The Morgan fingerprint density at radius 3 is 2.06 bits per heavy atom. The van der Waals surface area contributed by atoms with Crippen molar-refractivity contribution in [3.8, 4) is 5.75 Å². The zero-order chi connectivity index (χ0) is 23.6. The summed E-state index contributed by atoms with van der Waals surface area (Å²) >= 11 is 0. The molecule has 3 aromatic rings. The van der Waals surface area contributed by atoms with Crippen LogP contribution in [0, 0.1) is 37.8 Å². The number of aryl methyl sites for hydroxylation is 4. The van der Waals surface area contributed by atoms with Crippen molar-refractivity contribution < 1.29 is 22.3 Å². The van der Waals surface area contributed by atoms with Crippen molar-refractivity contribution in [1.29, 1.82) is 0 Å². The molecule has 0 fully saturated rings. The predicted molar refractivity (Wildman–Crippen MR) is 121 cm³/mol. The largest absolute Gasteiger partial charge is 0.379 e. The summed E-state index contributed by atoms with van der Waals surface area (Å²) in [5, 5.41) is 13.9. The van der Waals surface area contributed by atoms with Gasteiger partial charge in [0.25, 0.3) is 11.6 Å². The van der Waals surface area contributed by atoms with Crippen LogP contribution < -0.4 is 9.50 Å². The Balaban J connectivity index is 1.80. The Morgan fingerprint density at radius 1 is 0.906 bits per heavy atom. The lowest BCUT2D eigenvalue weighted by atomic mass is 10.0. The van der Waals surface area contributed by atoms with Gasteiger partial charge in [0.1, 0.15) is 10.6 Å². The van der Waals surface area contributed by atoms with E-state index in [9.17, 15) is 23.3 Å². The summed E-state index contributed by atoms with van der Waals surface area (Å²) in [6.07, 6.45) is 0. The van der Waals surface area contributed by atoms with Crippen LogP contribution >= 0.6 is 0 Å². The first-order valence-corrected chi connectivity index (χ1v) is 11.1. The van der Waals surface area contributed by atoms with Crippen LogP contribution in [0.2, 0.25) is 0 Å². The van der Waals surface area contributed by atoms with E-state index in [0.717, 1.165) is 28.4 Å². The number of non-ortho nitro benzene ring substituents is 1. The summed E-state index contributed by atoms with van der Waals surface area (Å²) in [6, 6.07) is 13.1. The predicted octanol–water partition coefficient (Wildman–Crippen LogP) is 4.85. The van der Waals surface area contributed by atoms with Crippen LogP contribution in [-0.2, 0) is 10.1 Å². The zero-order valence-corrected chi connectivity index (χ0v) is 18.8. The Kier molecular flexibility index (Phi) is 6.31. The van der Waals surface area contributed by atoms with Gasteiger partial charge in [-0.3, -0.25) is 14.9 Å². The lowest BCUT2D eigenvalue weighted by Gasteiger charge is -2.13. The standard InChI is InChI=1S/C23H22N2O6S/c1-14-11-16(3)22(17(4)12-14)24-23(26)18-6-9-20(10-7-18)31-32(29,30)21-13-19(25(27)28)8-5-15(21)2/h5-13H,1-4H3,(H,24,26). The SMILES string of the molecule is Cc1cc(C)c(NC(=O)c2ccc(OS(=O)(=O)c3cc([N+](=O)[O-])ccc3C)cc2)c(C)c1. The second kappa shape index (κ2) is 8.80. The van der Waals surface area contributed by atoms with Crippen LogP contribution in [0.4, 0.5) is 11.4 Å². The molecule has 0 radical (unpaired) electrons. The second-order valence-corrected chi connectivity index (χ2v) is 9.01. The van der Waals surface area contributed by atoms with Crippen LogP contribution in [0.5, 0.6) is 5.75 Å². The van der Waals surface area contributed by atoms with Crippen LogP contribution in [0.1, 0.15) is 32.6 Å². The number of nitro groups is 1. The molecule has 0 aliphatic rings. The quantitative estimate of drug-likeness (QED) is 0.323. The van der Waals surface area contributed by atoms with Crippen molar-refractivity contribution in [2.24, 2.45) is 0 Å². The lowest BCUT2D eigenvalue weighted by molar-refractivity contribution is -0.385. The Hall–Kier alpha value is -3.72. The average Bonchev–Trinajstić information content (AvgIpc) is 2.70. The third-order valence-electron chi connectivity index (χ3n) is 4.89. The first-order valence-electron chi connectivity index (χ1n) is 9.67. The number of benzene rings is 3. The van der Waals surface area contributed by atoms with E-state index in [0.29, 0.717) is 11.1 Å². The van der Waals surface area contributed by atoms with Gasteiger partial charge in [0.05, 0.1) is 4.92 Å². The van der Waals surface area contributed by atoms with Gasteiger partial charge in [-0.2, -0.15) is 8.42 Å². The minimum atomic E-state index is -4.30. The molecule has 0 bridgehead atoms. The van der Waals surface area contributed by atoms with Gasteiger partial charge < -0.3 is 9.50 Å². The summed E-state index contributed by atoms with van der Waals surface area (Å²) in [5.41, 5.74) is 3.98. The Morgan fingerprint density at radius 2 is 1.50 bits per heavy atom. The molecular formula is C23H22N2O6S. The maximum absolute atomic E-state index is 12.6. The minimum absolute atomic E-state index is 0.0184. The average molecular weight is 455 g/mol. The molecule has 3 rings (SSSR count). The van der Waals surface area contributed by atoms with Crippen LogP contribution in [0.25, 0.3) is 0 Å². The van der Waals surface area contributed by atoms with Crippen LogP contribution in [0.15, 0.2) is 59.5 Å². The van der Waals surface area contributed by atoms with Gasteiger partial charge >= 0.3 is 10.1 Å².